The van der Waals surface area contributed by atoms with Gasteiger partial charge in [0.25, 0.3) is 0 Å². The van der Waals surface area contributed by atoms with Crippen LogP contribution in [-0.4, -0.2) is 21.3 Å². The third kappa shape index (κ3) is 1.55. The Bertz CT molecular complexity index is 517. The van der Waals surface area contributed by atoms with E-state index in [1.165, 1.54) is 23.5 Å². The minimum absolute atomic E-state index is 0.0904. The molecule has 0 unspecified atom stereocenters. The van der Waals surface area contributed by atoms with E-state index in [-0.39, 0.29) is 5.75 Å². The lowest BCUT2D eigenvalue weighted by atomic mass is 10.1. The Morgan fingerprint density at radius 3 is 2.73 bits per heavy atom. The van der Waals surface area contributed by atoms with Crippen molar-refractivity contribution in [2.75, 3.05) is 0 Å². The van der Waals surface area contributed by atoms with Gasteiger partial charge in [0.2, 0.25) is 0 Å². The van der Waals surface area contributed by atoms with Crippen LogP contribution >= 0.6 is 11.3 Å². The number of carbonyl (C=O) groups is 1. The fourth-order valence-corrected chi connectivity index (χ4v) is 2.37. The van der Waals surface area contributed by atoms with Gasteiger partial charge in [0.1, 0.15) is 5.75 Å². The van der Waals surface area contributed by atoms with Crippen molar-refractivity contribution < 1.29 is 20.1 Å². The van der Waals surface area contributed by atoms with Gasteiger partial charge in [-0.1, -0.05) is 6.07 Å². The van der Waals surface area contributed by atoms with Crippen molar-refractivity contribution in [3.63, 3.8) is 0 Å². The molecule has 0 radical (unpaired) electrons. The second kappa shape index (κ2) is 3.52. The third-order valence-electron chi connectivity index (χ3n) is 2.15. The quantitative estimate of drug-likeness (QED) is 0.725. The number of fused-ring (bicyclic) bond motifs is 1. The number of hydrogen-bond donors (Lipinski definition) is 3. The third-order valence-corrected chi connectivity index (χ3v) is 3.12. The van der Waals surface area contributed by atoms with E-state index >= 15 is 0 Å². The summed E-state index contributed by atoms with van der Waals surface area (Å²) in [5.74, 6) is -1.21. The summed E-state index contributed by atoms with van der Waals surface area (Å²) in [6, 6.07) is 4.50. The van der Waals surface area contributed by atoms with Gasteiger partial charge in [-0.15, -0.1) is 11.3 Å². The zero-order valence-electron chi connectivity index (χ0n) is 7.54. The normalized spacial score (nSPS) is 12.9. The Balaban J connectivity index is 2.67. The first kappa shape index (κ1) is 9.95. The number of thiophene rings is 1. The summed E-state index contributed by atoms with van der Waals surface area (Å²) >= 11 is 1.29. The first-order valence-corrected chi connectivity index (χ1v) is 5.09. The van der Waals surface area contributed by atoms with Crippen LogP contribution < -0.4 is 0 Å². The molecule has 1 aromatic heterocycles. The van der Waals surface area contributed by atoms with Crippen molar-refractivity contribution in [1.29, 1.82) is 0 Å². The number of aromatic hydroxyl groups is 1. The minimum atomic E-state index is -1.55. The Morgan fingerprint density at radius 2 is 2.07 bits per heavy atom. The number of carboxylic acid groups (broad SMARTS) is 1. The van der Waals surface area contributed by atoms with E-state index in [1.807, 2.05) is 0 Å². The summed E-state index contributed by atoms with van der Waals surface area (Å²) in [6.07, 6.45) is -1.55. The summed E-state index contributed by atoms with van der Waals surface area (Å²) in [5, 5.41) is 29.9. The summed E-state index contributed by atoms with van der Waals surface area (Å²) in [4.78, 5) is 10.6. The number of aliphatic carboxylic acids is 1. The number of hydrogen-bond acceptors (Lipinski definition) is 4. The van der Waals surface area contributed by atoms with Crippen LogP contribution in [0.25, 0.3) is 10.1 Å². The van der Waals surface area contributed by atoms with Crippen molar-refractivity contribution >= 4 is 27.4 Å². The fraction of sp³-hybridized carbons (Fsp3) is 0.100. The first-order chi connectivity index (χ1) is 7.11. The summed E-state index contributed by atoms with van der Waals surface area (Å²) in [5.41, 5.74) is 0.310. The Labute approximate surface area is 89.0 Å². The number of carboxylic acids is 1. The van der Waals surface area contributed by atoms with Crippen molar-refractivity contribution in [2.24, 2.45) is 0 Å². The van der Waals surface area contributed by atoms with Crippen LogP contribution in [0.15, 0.2) is 23.6 Å². The van der Waals surface area contributed by atoms with Crippen LogP contribution in [0.1, 0.15) is 11.7 Å². The van der Waals surface area contributed by atoms with Crippen molar-refractivity contribution in [3.8, 4) is 5.75 Å². The molecule has 2 rings (SSSR count). The maximum atomic E-state index is 10.6. The van der Waals surface area contributed by atoms with Crippen LogP contribution in [0.5, 0.6) is 5.75 Å². The average Bonchev–Trinajstić information content (AvgIpc) is 2.66. The van der Waals surface area contributed by atoms with Gasteiger partial charge in [0, 0.05) is 15.6 Å². The molecule has 0 fully saturated rings. The molecule has 5 heteroatoms. The van der Waals surface area contributed by atoms with Gasteiger partial charge in [0.15, 0.2) is 6.10 Å². The molecule has 0 spiro atoms. The molecule has 0 aliphatic carbocycles. The van der Waals surface area contributed by atoms with Crippen LogP contribution in [0.4, 0.5) is 0 Å². The fourth-order valence-electron chi connectivity index (χ4n) is 1.42. The van der Waals surface area contributed by atoms with Gasteiger partial charge in [0.05, 0.1) is 0 Å². The zero-order valence-corrected chi connectivity index (χ0v) is 8.36. The van der Waals surface area contributed by atoms with E-state index in [9.17, 15) is 15.0 Å². The highest BCUT2D eigenvalue weighted by molar-refractivity contribution is 7.17. The zero-order chi connectivity index (χ0) is 11.0. The number of phenolic OH excluding ortho intramolecular Hbond substituents is 1. The highest BCUT2D eigenvalue weighted by atomic mass is 32.1. The molecule has 78 valence electrons. The molecular weight excluding hydrogens is 216 g/mol. The van der Waals surface area contributed by atoms with E-state index < -0.39 is 12.1 Å². The topological polar surface area (TPSA) is 77.8 Å². The number of rotatable bonds is 2. The molecule has 0 aliphatic rings. The molecule has 0 amide bonds. The molecule has 4 nitrogen and oxygen atoms in total. The standard InChI is InChI=1S/C10H8O4S/c11-7-2-1-6(8(12)10(13)14)9-5(7)3-4-15-9/h1-4,8,11-12H,(H,13,14)/t8-/m0/s1. The smallest absolute Gasteiger partial charge is 0.337 e. The van der Waals surface area contributed by atoms with Crippen molar-refractivity contribution in [2.45, 2.75) is 6.10 Å². The Morgan fingerprint density at radius 1 is 1.33 bits per heavy atom. The molecule has 15 heavy (non-hydrogen) atoms. The monoisotopic (exact) mass is 224 g/mol. The number of phenols is 1. The Hall–Kier alpha value is -1.59. The summed E-state index contributed by atoms with van der Waals surface area (Å²) < 4.78 is 0.602. The lowest BCUT2D eigenvalue weighted by molar-refractivity contribution is -0.146. The SMILES string of the molecule is O=C(O)[C@@H](O)c1ccc(O)c2ccsc12. The predicted molar refractivity (Wildman–Crippen MR) is 56.1 cm³/mol. The predicted octanol–water partition coefficient (Wildman–Crippen LogP) is 1.72. The molecule has 1 aromatic carbocycles. The minimum Gasteiger partial charge on any atom is -0.507 e. The highest BCUT2D eigenvalue weighted by Gasteiger charge is 2.20. The molecular formula is C10H8O4S. The molecule has 0 aliphatic heterocycles. The van der Waals surface area contributed by atoms with Gasteiger partial charge in [-0.3, -0.25) is 0 Å². The largest absolute Gasteiger partial charge is 0.507 e. The number of aliphatic hydroxyl groups excluding tert-OH is 1. The molecule has 1 heterocycles. The summed E-state index contributed by atoms with van der Waals surface area (Å²) in [7, 11) is 0. The second-order valence-electron chi connectivity index (χ2n) is 3.08. The van der Waals surface area contributed by atoms with Crippen LogP contribution in [0.3, 0.4) is 0 Å². The molecule has 2 aromatic rings. The van der Waals surface area contributed by atoms with E-state index in [0.717, 1.165) is 0 Å². The lowest BCUT2D eigenvalue weighted by Gasteiger charge is -2.07. The summed E-state index contributed by atoms with van der Waals surface area (Å²) in [6.45, 7) is 0. The lowest BCUT2D eigenvalue weighted by Crippen LogP contribution is -2.10. The van der Waals surface area contributed by atoms with Crippen LogP contribution in [-0.2, 0) is 4.79 Å². The highest BCUT2D eigenvalue weighted by Crippen LogP contribution is 2.34. The molecule has 3 N–H and O–H groups in total. The van der Waals surface area contributed by atoms with Gasteiger partial charge in [-0.05, 0) is 17.5 Å². The van der Waals surface area contributed by atoms with E-state index in [2.05, 4.69) is 0 Å². The number of benzene rings is 1. The number of aliphatic hydroxyl groups is 1. The molecule has 0 saturated heterocycles. The van der Waals surface area contributed by atoms with Gasteiger partial charge in [-0.25, -0.2) is 4.79 Å². The van der Waals surface area contributed by atoms with Crippen LogP contribution in [0, 0.1) is 0 Å². The second-order valence-corrected chi connectivity index (χ2v) is 3.99. The molecule has 0 saturated carbocycles. The van der Waals surface area contributed by atoms with Gasteiger partial charge >= 0.3 is 5.97 Å². The Kier molecular flexibility index (Phi) is 2.34. The first-order valence-electron chi connectivity index (χ1n) is 4.21. The van der Waals surface area contributed by atoms with E-state index in [0.29, 0.717) is 15.6 Å². The molecule has 0 bridgehead atoms. The van der Waals surface area contributed by atoms with Crippen molar-refractivity contribution in [3.05, 3.63) is 29.1 Å². The molecule has 1 atom stereocenters. The van der Waals surface area contributed by atoms with Gasteiger partial charge in [-0.2, -0.15) is 0 Å². The maximum Gasteiger partial charge on any atom is 0.337 e. The maximum absolute atomic E-state index is 10.6. The average molecular weight is 224 g/mol. The van der Waals surface area contributed by atoms with Crippen molar-refractivity contribution in [1.82, 2.24) is 0 Å². The van der Waals surface area contributed by atoms with Crippen LogP contribution in [0.2, 0.25) is 0 Å². The van der Waals surface area contributed by atoms with E-state index in [4.69, 9.17) is 5.11 Å². The van der Waals surface area contributed by atoms with Gasteiger partial charge < -0.3 is 15.3 Å². The van der Waals surface area contributed by atoms with E-state index in [1.54, 1.807) is 11.4 Å².